The highest BCUT2D eigenvalue weighted by molar-refractivity contribution is 6.08. The summed E-state index contributed by atoms with van der Waals surface area (Å²) in [5, 5.41) is 11.4. The average molecular weight is 378 g/mol. The number of carbonyl (C=O) groups is 2. The molecule has 2 heterocycles. The van der Waals surface area contributed by atoms with E-state index in [4.69, 9.17) is 0 Å². The molecule has 1 atom stereocenters. The number of amides is 1. The topological polar surface area (TPSA) is 73.4 Å². The van der Waals surface area contributed by atoms with Crippen LogP contribution in [-0.4, -0.2) is 33.2 Å². The lowest BCUT2D eigenvalue weighted by atomic mass is 9.96. The van der Waals surface area contributed by atoms with Crippen molar-refractivity contribution >= 4 is 22.6 Å². The number of benzene rings is 2. The van der Waals surface area contributed by atoms with Gasteiger partial charge in [-0.05, 0) is 42.7 Å². The Morgan fingerprint density at radius 3 is 2.61 bits per heavy atom. The Kier molecular flexibility index (Phi) is 4.47. The van der Waals surface area contributed by atoms with Crippen LogP contribution in [0.3, 0.4) is 0 Å². The molecular weight excluding hydrogens is 359 g/mol. The van der Waals surface area contributed by atoms with Crippen LogP contribution >= 0.6 is 0 Å². The van der Waals surface area contributed by atoms with Gasteiger partial charge in [0.2, 0.25) is 0 Å². The van der Waals surface area contributed by atoms with Crippen LogP contribution in [0.2, 0.25) is 0 Å². The number of H-pyrrole nitrogens is 1. The van der Waals surface area contributed by atoms with E-state index in [9.17, 15) is 19.1 Å². The summed E-state index contributed by atoms with van der Waals surface area (Å²) in [6.45, 7) is 1.63. The Morgan fingerprint density at radius 2 is 1.89 bits per heavy atom. The van der Waals surface area contributed by atoms with Crippen LogP contribution in [0.25, 0.3) is 10.9 Å². The molecule has 0 aliphatic carbocycles. The third-order valence-electron chi connectivity index (χ3n) is 5.17. The number of aromatic nitrogens is 1. The van der Waals surface area contributed by atoms with Crippen LogP contribution in [0.1, 0.15) is 24.1 Å². The van der Waals surface area contributed by atoms with Crippen LogP contribution in [0.4, 0.5) is 4.39 Å². The van der Waals surface area contributed by atoms with Crippen molar-refractivity contribution in [3.05, 3.63) is 83.0 Å². The molecule has 0 radical (unpaired) electrons. The number of hydrogen-bond acceptors (Lipinski definition) is 3. The van der Waals surface area contributed by atoms with Crippen molar-refractivity contribution in [3.8, 4) is 0 Å². The lowest BCUT2D eigenvalue weighted by Gasteiger charge is -2.26. The lowest BCUT2D eigenvalue weighted by Crippen LogP contribution is -2.32. The largest absolute Gasteiger partial charge is 0.503 e. The second-order valence-electron chi connectivity index (χ2n) is 6.88. The van der Waals surface area contributed by atoms with E-state index in [1.807, 2.05) is 30.5 Å². The first kappa shape index (κ1) is 18.0. The van der Waals surface area contributed by atoms with Crippen LogP contribution in [-0.2, 0) is 16.0 Å². The third kappa shape index (κ3) is 2.97. The van der Waals surface area contributed by atoms with Crippen molar-refractivity contribution in [2.45, 2.75) is 19.4 Å². The van der Waals surface area contributed by atoms with Gasteiger partial charge in [-0.15, -0.1) is 0 Å². The molecule has 1 aliphatic heterocycles. The highest BCUT2D eigenvalue weighted by Gasteiger charge is 2.42. The van der Waals surface area contributed by atoms with Gasteiger partial charge in [0.25, 0.3) is 5.91 Å². The summed E-state index contributed by atoms with van der Waals surface area (Å²) in [5.74, 6) is -1.90. The first-order valence-corrected chi connectivity index (χ1v) is 9.03. The molecule has 0 fully saturated rings. The smallest absolute Gasteiger partial charge is 0.290 e. The highest BCUT2D eigenvalue weighted by Crippen LogP contribution is 2.37. The number of rotatable bonds is 5. The van der Waals surface area contributed by atoms with E-state index in [-0.39, 0.29) is 11.4 Å². The quantitative estimate of drug-likeness (QED) is 0.709. The van der Waals surface area contributed by atoms with Crippen LogP contribution in [0.15, 0.2) is 66.1 Å². The molecule has 28 heavy (non-hydrogen) atoms. The number of halogens is 1. The summed E-state index contributed by atoms with van der Waals surface area (Å²) in [6, 6.07) is 12.8. The zero-order valence-corrected chi connectivity index (χ0v) is 15.3. The molecule has 2 aromatic carbocycles. The highest BCUT2D eigenvalue weighted by atomic mass is 19.1. The predicted molar refractivity (Wildman–Crippen MR) is 103 cm³/mol. The Morgan fingerprint density at radius 1 is 1.18 bits per heavy atom. The van der Waals surface area contributed by atoms with Crippen molar-refractivity contribution in [2.24, 2.45) is 0 Å². The Bertz CT molecular complexity index is 1100. The molecule has 0 saturated heterocycles. The van der Waals surface area contributed by atoms with Crippen molar-refractivity contribution in [3.63, 3.8) is 0 Å². The molecule has 5 nitrogen and oxygen atoms in total. The van der Waals surface area contributed by atoms with E-state index >= 15 is 0 Å². The van der Waals surface area contributed by atoms with Crippen molar-refractivity contribution in [1.82, 2.24) is 9.88 Å². The van der Waals surface area contributed by atoms with Crippen molar-refractivity contribution < 1.29 is 19.1 Å². The number of nitrogens with zero attached hydrogens (tertiary/aromatic N) is 1. The molecule has 0 spiro atoms. The van der Waals surface area contributed by atoms with E-state index in [1.165, 1.54) is 36.1 Å². The van der Waals surface area contributed by atoms with Crippen LogP contribution in [0, 0.1) is 5.82 Å². The van der Waals surface area contributed by atoms with Gasteiger partial charge in [-0.25, -0.2) is 4.39 Å². The second-order valence-corrected chi connectivity index (χ2v) is 6.88. The number of para-hydroxylation sites is 1. The Balaban J connectivity index is 1.67. The van der Waals surface area contributed by atoms with Crippen LogP contribution in [0.5, 0.6) is 0 Å². The van der Waals surface area contributed by atoms with E-state index in [1.54, 1.807) is 0 Å². The molecule has 0 unspecified atom stereocenters. The first-order chi connectivity index (χ1) is 13.5. The number of fused-ring (bicyclic) bond motifs is 1. The summed E-state index contributed by atoms with van der Waals surface area (Å²) >= 11 is 0. The number of carbonyl (C=O) groups excluding carboxylic acids is 2. The first-order valence-electron chi connectivity index (χ1n) is 9.03. The number of Topliss-reactive ketones (excluding diaryl/α,β-unsaturated/α-hetero) is 1. The standard InChI is InChI=1S/C22H19FN2O3/c1-13(26)19-20(14-6-8-16(23)9-7-14)25(22(28)21(19)27)11-10-15-12-24-18-5-3-2-4-17(15)18/h2-9,12,20,24,27H,10-11H2,1H3/t20-/m1/s1. The van der Waals surface area contributed by atoms with Crippen molar-refractivity contribution in [1.29, 1.82) is 0 Å². The van der Waals surface area contributed by atoms with Gasteiger partial charge in [0.15, 0.2) is 11.5 Å². The number of hydrogen-bond donors (Lipinski definition) is 2. The monoisotopic (exact) mass is 378 g/mol. The second kappa shape index (κ2) is 6.96. The summed E-state index contributed by atoms with van der Waals surface area (Å²) in [7, 11) is 0. The lowest BCUT2D eigenvalue weighted by molar-refractivity contribution is -0.129. The fourth-order valence-corrected chi connectivity index (χ4v) is 3.81. The van der Waals surface area contributed by atoms with Crippen LogP contribution < -0.4 is 0 Å². The van der Waals surface area contributed by atoms with E-state index < -0.39 is 23.5 Å². The summed E-state index contributed by atoms with van der Waals surface area (Å²) in [5.41, 5.74) is 2.68. The minimum Gasteiger partial charge on any atom is -0.503 e. The summed E-state index contributed by atoms with van der Waals surface area (Å²) < 4.78 is 13.3. The van der Waals surface area contributed by atoms with Gasteiger partial charge in [-0.1, -0.05) is 30.3 Å². The molecule has 2 N–H and O–H groups in total. The van der Waals surface area contributed by atoms with Gasteiger partial charge in [0, 0.05) is 23.6 Å². The Hall–Kier alpha value is -3.41. The molecule has 142 valence electrons. The Labute approximate surface area is 161 Å². The van der Waals surface area contributed by atoms with Gasteiger partial charge < -0.3 is 15.0 Å². The number of aromatic amines is 1. The van der Waals surface area contributed by atoms with E-state index in [0.29, 0.717) is 18.5 Å². The van der Waals surface area contributed by atoms with Gasteiger partial charge in [0.1, 0.15) is 5.82 Å². The predicted octanol–water partition coefficient (Wildman–Crippen LogP) is 3.83. The van der Waals surface area contributed by atoms with Crippen molar-refractivity contribution in [2.75, 3.05) is 6.54 Å². The van der Waals surface area contributed by atoms with Gasteiger partial charge in [-0.2, -0.15) is 0 Å². The summed E-state index contributed by atoms with van der Waals surface area (Å²) in [6.07, 6.45) is 2.45. The average Bonchev–Trinajstić information content (AvgIpc) is 3.20. The molecule has 6 heteroatoms. The van der Waals surface area contributed by atoms with E-state index in [2.05, 4.69) is 4.98 Å². The normalized spacial score (nSPS) is 17.0. The minimum atomic E-state index is -0.726. The number of ketones is 1. The number of aliphatic hydroxyl groups is 1. The zero-order valence-electron chi connectivity index (χ0n) is 15.3. The molecular formula is C22H19FN2O3. The maximum Gasteiger partial charge on any atom is 0.290 e. The van der Waals surface area contributed by atoms with E-state index in [0.717, 1.165) is 16.5 Å². The third-order valence-corrected chi connectivity index (χ3v) is 5.17. The minimum absolute atomic E-state index is 0.0514. The molecule has 1 aliphatic rings. The molecule has 1 amide bonds. The molecule has 4 rings (SSSR count). The van der Waals surface area contributed by atoms with Gasteiger partial charge in [0.05, 0.1) is 11.6 Å². The SMILES string of the molecule is CC(=O)C1=C(O)C(=O)N(CCc2c[nH]c3ccccc23)[C@@H]1c1ccc(F)cc1. The fourth-order valence-electron chi connectivity index (χ4n) is 3.81. The maximum absolute atomic E-state index is 13.3. The molecule has 3 aromatic rings. The molecule has 1 aromatic heterocycles. The zero-order chi connectivity index (χ0) is 19.8. The summed E-state index contributed by atoms with van der Waals surface area (Å²) in [4.78, 5) is 29.5. The van der Waals surface area contributed by atoms with Gasteiger partial charge in [-0.3, -0.25) is 9.59 Å². The van der Waals surface area contributed by atoms with Gasteiger partial charge >= 0.3 is 0 Å². The molecule has 0 saturated carbocycles. The number of aliphatic hydroxyl groups excluding tert-OH is 1. The maximum atomic E-state index is 13.3. The number of nitrogens with one attached hydrogen (secondary N) is 1. The fraction of sp³-hybridized carbons (Fsp3) is 0.182. The molecule has 0 bridgehead atoms.